The molecule has 1 aliphatic carbocycles. The number of hydrogen-bond donors (Lipinski definition) is 1. The molecule has 3 saturated heterocycles. The predicted octanol–water partition coefficient (Wildman–Crippen LogP) is 3.69. The van der Waals surface area contributed by atoms with Gasteiger partial charge in [0.1, 0.15) is 17.4 Å². The Hall–Kier alpha value is -2.69. The van der Waals surface area contributed by atoms with E-state index in [1.54, 1.807) is 17.1 Å². The number of anilines is 1. The highest BCUT2D eigenvalue weighted by Crippen LogP contribution is 2.60. The minimum absolute atomic E-state index is 0.00274. The van der Waals surface area contributed by atoms with Gasteiger partial charge in [-0.15, -0.1) is 13.2 Å². The lowest BCUT2D eigenvalue weighted by Crippen LogP contribution is -2.59. The molecule has 0 aromatic heterocycles. The molecule has 1 spiro atoms. The highest BCUT2D eigenvalue weighted by molar-refractivity contribution is 9.09. The third-order valence-electron chi connectivity index (χ3n) is 9.31. The monoisotopic (exact) mass is 643 g/mol. The Morgan fingerprint density at radius 1 is 1.14 bits per heavy atom. The number of fused-ring (bicyclic) bond motifs is 1. The Morgan fingerprint density at radius 3 is 2.45 bits per heavy atom. The predicted molar refractivity (Wildman–Crippen MR) is 163 cm³/mol. The zero-order valence-electron chi connectivity index (χ0n) is 24.3. The number of carbonyl (C=O) groups excluding carboxylic acids is 3. The van der Waals surface area contributed by atoms with Crippen LogP contribution in [0.15, 0.2) is 49.6 Å². The van der Waals surface area contributed by atoms with Crippen LogP contribution >= 0.6 is 15.9 Å². The molecular formula is C32H42BrN3O6. The van der Waals surface area contributed by atoms with E-state index in [4.69, 9.17) is 9.47 Å². The number of β-amino-alcohol motifs (C(OH)–C–C–N with tert-alkyl or cyclic N) is 1. The number of halogens is 1. The van der Waals surface area contributed by atoms with Crippen molar-refractivity contribution in [3.05, 3.63) is 49.6 Å². The fourth-order valence-electron chi connectivity index (χ4n) is 7.67. The number of aliphatic hydroxyl groups excluding tert-OH is 1. The van der Waals surface area contributed by atoms with Gasteiger partial charge in [0.25, 0.3) is 0 Å². The summed E-state index contributed by atoms with van der Waals surface area (Å²) in [5, 5.41) is 9.98. The highest BCUT2D eigenvalue weighted by Gasteiger charge is 2.77. The fraction of sp³-hybridized carbons (Fsp3) is 0.594. The second kappa shape index (κ2) is 12.9. The molecule has 9 nitrogen and oxygen atoms in total. The number of amides is 3. The Morgan fingerprint density at radius 2 is 1.83 bits per heavy atom. The molecule has 5 rings (SSSR count). The maximum atomic E-state index is 14.5. The van der Waals surface area contributed by atoms with Crippen LogP contribution in [0.25, 0.3) is 0 Å². The molecule has 228 valence electrons. The summed E-state index contributed by atoms with van der Waals surface area (Å²) in [6, 6.07) is 6.40. The molecule has 0 radical (unpaired) electrons. The summed E-state index contributed by atoms with van der Waals surface area (Å²) in [5.41, 5.74) is -0.513. The minimum atomic E-state index is -1.17. The average molecular weight is 645 g/mol. The number of rotatable bonds is 12. The number of benzene rings is 1. The van der Waals surface area contributed by atoms with E-state index in [1.165, 1.54) is 4.90 Å². The van der Waals surface area contributed by atoms with Gasteiger partial charge in [-0.05, 0) is 50.5 Å². The first-order chi connectivity index (χ1) is 20.3. The van der Waals surface area contributed by atoms with Crippen LogP contribution in [0.3, 0.4) is 0 Å². The van der Waals surface area contributed by atoms with Gasteiger partial charge >= 0.3 is 0 Å². The van der Waals surface area contributed by atoms with E-state index >= 15 is 0 Å². The molecule has 1 N–H and O–H groups in total. The molecule has 4 aliphatic rings. The molecule has 42 heavy (non-hydrogen) atoms. The van der Waals surface area contributed by atoms with Crippen molar-refractivity contribution in [1.82, 2.24) is 9.80 Å². The van der Waals surface area contributed by atoms with Gasteiger partial charge in [-0.3, -0.25) is 14.4 Å². The van der Waals surface area contributed by atoms with Gasteiger partial charge in [0.2, 0.25) is 17.7 Å². The first kappa shape index (κ1) is 30.8. The minimum Gasteiger partial charge on any atom is -0.494 e. The molecule has 3 amide bonds. The third-order valence-corrected chi connectivity index (χ3v) is 10.2. The van der Waals surface area contributed by atoms with Gasteiger partial charge in [-0.1, -0.05) is 47.3 Å². The maximum Gasteiger partial charge on any atom is 0.248 e. The summed E-state index contributed by atoms with van der Waals surface area (Å²) in [4.78, 5) is 47.9. The van der Waals surface area contributed by atoms with Crippen LogP contribution in [0.1, 0.15) is 45.4 Å². The SMILES string of the molecule is C=CCN(C(=O)[C@H]1[C@@H]2OC3(CC2Br)C(C(=O)N(CC=C)C2CCCCC2)N(CCO)C(=O)[C@H]13)c1ccc(OCC)cc1. The van der Waals surface area contributed by atoms with Gasteiger partial charge in [0.05, 0.1) is 31.2 Å². The Bertz CT molecular complexity index is 1190. The number of aliphatic hydroxyl groups is 1. The van der Waals surface area contributed by atoms with Gasteiger partial charge in [0.15, 0.2) is 0 Å². The van der Waals surface area contributed by atoms with Crippen LogP contribution in [0, 0.1) is 11.8 Å². The molecule has 1 aromatic rings. The standard InChI is InChI=1S/C32H42BrN3O6/c1-4-16-34(22-12-14-23(15-13-22)41-6-3)29(38)25-26-30(39)36(18-19-37)28(32(26)20-24(33)27(25)42-32)31(40)35(17-5-2)21-10-8-7-9-11-21/h4-5,12-15,21,24-28,37H,1-2,6-11,16-20H2,3H3/t24?,25-,26+,27-,28?,32?/m1/s1. The lowest BCUT2D eigenvalue weighted by atomic mass is 9.70. The molecular weight excluding hydrogens is 602 g/mol. The quantitative estimate of drug-likeness (QED) is 0.276. The second-order valence-corrected chi connectivity index (χ2v) is 12.8. The van der Waals surface area contributed by atoms with Crippen LogP contribution in [-0.4, -0.2) is 94.1 Å². The Kier molecular flexibility index (Phi) is 9.44. The van der Waals surface area contributed by atoms with E-state index in [0.29, 0.717) is 31.0 Å². The lowest BCUT2D eigenvalue weighted by molar-refractivity contribution is -0.150. The van der Waals surface area contributed by atoms with Crippen molar-refractivity contribution in [3.63, 3.8) is 0 Å². The molecule has 3 unspecified atom stereocenters. The van der Waals surface area contributed by atoms with Crippen molar-refractivity contribution in [2.24, 2.45) is 11.8 Å². The van der Waals surface area contributed by atoms with Crippen molar-refractivity contribution in [1.29, 1.82) is 0 Å². The van der Waals surface area contributed by atoms with Crippen LogP contribution in [0.4, 0.5) is 5.69 Å². The van der Waals surface area contributed by atoms with E-state index in [9.17, 15) is 19.5 Å². The van der Waals surface area contributed by atoms with Gasteiger partial charge in [-0.2, -0.15) is 0 Å². The molecule has 2 bridgehead atoms. The van der Waals surface area contributed by atoms with Gasteiger partial charge in [-0.25, -0.2) is 0 Å². The second-order valence-electron chi connectivity index (χ2n) is 11.7. The average Bonchev–Trinajstić information content (AvgIpc) is 3.58. The number of alkyl halides is 1. The number of carbonyl (C=O) groups is 3. The molecule has 3 aliphatic heterocycles. The van der Waals surface area contributed by atoms with Gasteiger partial charge < -0.3 is 29.3 Å². The number of ether oxygens (including phenoxy) is 2. The molecule has 6 atom stereocenters. The topological polar surface area (TPSA) is 99.6 Å². The molecule has 4 fully saturated rings. The largest absolute Gasteiger partial charge is 0.494 e. The summed E-state index contributed by atoms with van der Waals surface area (Å²) in [5.74, 6) is -1.69. The normalized spacial score (nSPS) is 30.2. The summed E-state index contributed by atoms with van der Waals surface area (Å²) < 4.78 is 12.3. The molecule has 1 saturated carbocycles. The number of likely N-dealkylation sites (tertiary alicyclic amines) is 1. The van der Waals surface area contributed by atoms with E-state index in [0.717, 1.165) is 32.1 Å². The van der Waals surface area contributed by atoms with E-state index in [1.807, 2.05) is 36.1 Å². The zero-order valence-corrected chi connectivity index (χ0v) is 25.9. The van der Waals surface area contributed by atoms with Crippen molar-refractivity contribution in [3.8, 4) is 5.75 Å². The fourth-order valence-corrected chi connectivity index (χ4v) is 8.61. The van der Waals surface area contributed by atoms with E-state index in [-0.39, 0.29) is 48.3 Å². The summed E-state index contributed by atoms with van der Waals surface area (Å²) >= 11 is 3.75. The van der Waals surface area contributed by atoms with Crippen molar-refractivity contribution in [2.45, 2.75) is 74.1 Å². The lowest BCUT2D eigenvalue weighted by Gasteiger charge is -2.41. The van der Waals surface area contributed by atoms with Crippen LogP contribution in [0.2, 0.25) is 0 Å². The van der Waals surface area contributed by atoms with E-state index in [2.05, 4.69) is 29.1 Å². The molecule has 1 aromatic carbocycles. The molecule has 3 heterocycles. The van der Waals surface area contributed by atoms with Crippen molar-refractivity contribution >= 4 is 39.3 Å². The van der Waals surface area contributed by atoms with Gasteiger partial charge in [0, 0.05) is 36.2 Å². The van der Waals surface area contributed by atoms with Crippen LogP contribution in [0.5, 0.6) is 5.75 Å². The zero-order chi connectivity index (χ0) is 30.0. The maximum absolute atomic E-state index is 14.5. The summed E-state index contributed by atoms with van der Waals surface area (Å²) in [7, 11) is 0. The highest BCUT2D eigenvalue weighted by atomic mass is 79.9. The number of nitrogens with zero attached hydrogens (tertiary/aromatic N) is 3. The van der Waals surface area contributed by atoms with Crippen molar-refractivity contribution < 1.29 is 29.0 Å². The first-order valence-electron chi connectivity index (χ1n) is 15.1. The van der Waals surface area contributed by atoms with Crippen LogP contribution in [-0.2, 0) is 19.1 Å². The van der Waals surface area contributed by atoms with Crippen molar-refractivity contribution in [2.75, 3.05) is 37.7 Å². The van der Waals surface area contributed by atoms with Crippen LogP contribution < -0.4 is 9.64 Å². The van der Waals surface area contributed by atoms with E-state index < -0.39 is 29.6 Å². The third kappa shape index (κ3) is 5.19. The summed E-state index contributed by atoms with van der Waals surface area (Å²) in [6.45, 7) is 10.5. The Labute approximate surface area is 256 Å². The Balaban J connectivity index is 1.51. The summed E-state index contributed by atoms with van der Waals surface area (Å²) in [6.07, 6.45) is 8.28. The smallest absolute Gasteiger partial charge is 0.248 e. The molecule has 10 heteroatoms. The number of hydrogen-bond acceptors (Lipinski definition) is 6. The first-order valence-corrected chi connectivity index (χ1v) is 16.0.